The summed E-state index contributed by atoms with van der Waals surface area (Å²) < 4.78 is 11.3. The molecule has 0 aromatic heterocycles. The lowest BCUT2D eigenvalue weighted by molar-refractivity contribution is -0.120. The highest BCUT2D eigenvalue weighted by molar-refractivity contribution is 7.99. The van der Waals surface area contributed by atoms with Crippen molar-refractivity contribution in [2.75, 3.05) is 32.1 Å². The highest BCUT2D eigenvalue weighted by Crippen LogP contribution is 2.33. The summed E-state index contributed by atoms with van der Waals surface area (Å²) in [6.45, 7) is 3.21. The molecule has 1 aromatic carbocycles. The lowest BCUT2D eigenvalue weighted by atomic mass is 10.2. The minimum Gasteiger partial charge on any atom is -0.490 e. The van der Waals surface area contributed by atoms with Crippen LogP contribution in [0.5, 0.6) is 11.5 Å². The van der Waals surface area contributed by atoms with Gasteiger partial charge in [-0.05, 0) is 37.6 Å². The largest absolute Gasteiger partial charge is 0.490 e. The van der Waals surface area contributed by atoms with Crippen LogP contribution < -0.4 is 20.1 Å². The molecule has 5 nitrogen and oxygen atoms in total. The molecule has 0 spiro atoms. The molecule has 1 saturated heterocycles. The van der Waals surface area contributed by atoms with Gasteiger partial charge in [0.05, 0.1) is 13.2 Å². The average Bonchev–Trinajstić information content (AvgIpc) is 2.97. The Bertz CT molecular complexity index is 533. The Kier molecular flexibility index (Phi) is 6.05. The van der Waals surface area contributed by atoms with Crippen molar-refractivity contribution in [2.24, 2.45) is 0 Å². The molecule has 1 aromatic rings. The van der Waals surface area contributed by atoms with Crippen molar-refractivity contribution in [2.45, 2.75) is 36.6 Å². The van der Waals surface area contributed by atoms with Gasteiger partial charge in [0.1, 0.15) is 0 Å². The summed E-state index contributed by atoms with van der Waals surface area (Å²) in [7, 11) is 0. The Morgan fingerprint density at radius 1 is 1.26 bits per heavy atom. The molecule has 2 heterocycles. The summed E-state index contributed by atoms with van der Waals surface area (Å²) >= 11 is 1.67. The number of ether oxygens (including phenoxy) is 2. The smallest absolute Gasteiger partial charge is 0.220 e. The fourth-order valence-electron chi connectivity index (χ4n) is 2.75. The molecule has 6 heteroatoms. The molecule has 3 rings (SSSR count). The van der Waals surface area contributed by atoms with Crippen LogP contribution in [0.25, 0.3) is 0 Å². The lowest BCUT2D eigenvalue weighted by Gasteiger charge is -2.11. The first-order valence-electron chi connectivity index (χ1n) is 8.34. The van der Waals surface area contributed by atoms with Crippen LogP contribution in [0.1, 0.15) is 25.7 Å². The maximum atomic E-state index is 11.9. The second-order valence-corrected chi connectivity index (χ2v) is 7.02. The van der Waals surface area contributed by atoms with E-state index < -0.39 is 0 Å². The summed E-state index contributed by atoms with van der Waals surface area (Å²) in [4.78, 5) is 13.0. The molecule has 0 saturated carbocycles. The summed E-state index contributed by atoms with van der Waals surface area (Å²) in [5.74, 6) is 2.52. The standard InChI is InChI=1S/C17H24N2O3S/c20-17(19-12-13-3-1-7-18-13)6-10-23-14-4-5-15-16(11-14)22-9-2-8-21-15/h4-5,11,13,18H,1-3,6-10,12H2,(H,19,20). The zero-order valence-corrected chi connectivity index (χ0v) is 14.1. The second-order valence-electron chi connectivity index (χ2n) is 5.85. The third-order valence-corrected chi connectivity index (χ3v) is 5.02. The monoisotopic (exact) mass is 336 g/mol. The number of rotatable bonds is 6. The molecule has 2 aliphatic rings. The number of nitrogens with one attached hydrogen (secondary N) is 2. The number of carbonyl (C=O) groups excluding carboxylic acids is 1. The second kappa shape index (κ2) is 8.45. The van der Waals surface area contributed by atoms with Gasteiger partial charge in [0.15, 0.2) is 11.5 Å². The molecule has 126 valence electrons. The molecule has 2 aliphatic heterocycles. The predicted molar refractivity (Wildman–Crippen MR) is 91.4 cm³/mol. The number of hydrogen-bond acceptors (Lipinski definition) is 5. The van der Waals surface area contributed by atoms with Gasteiger partial charge in [0, 0.05) is 36.1 Å². The van der Waals surface area contributed by atoms with E-state index in [-0.39, 0.29) is 5.91 Å². The van der Waals surface area contributed by atoms with Crippen LogP contribution in [0.4, 0.5) is 0 Å². The van der Waals surface area contributed by atoms with E-state index in [0.717, 1.165) is 48.1 Å². The Balaban J connectivity index is 1.39. The zero-order valence-electron chi connectivity index (χ0n) is 13.3. The molecule has 0 bridgehead atoms. The molecule has 23 heavy (non-hydrogen) atoms. The van der Waals surface area contributed by atoms with E-state index in [4.69, 9.17) is 9.47 Å². The third-order valence-electron chi connectivity index (χ3n) is 4.02. The van der Waals surface area contributed by atoms with E-state index >= 15 is 0 Å². The minimum absolute atomic E-state index is 0.126. The van der Waals surface area contributed by atoms with Crippen LogP contribution >= 0.6 is 11.8 Å². The van der Waals surface area contributed by atoms with Crippen molar-refractivity contribution in [3.05, 3.63) is 18.2 Å². The van der Waals surface area contributed by atoms with E-state index in [9.17, 15) is 4.79 Å². The van der Waals surface area contributed by atoms with Crippen LogP contribution in [-0.4, -0.2) is 44.0 Å². The van der Waals surface area contributed by atoms with E-state index in [2.05, 4.69) is 10.6 Å². The van der Waals surface area contributed by atoms with Crippen molar-refractivity contribution in [1.82, 2.24) is 10.6 Å². The highest BCUT2D eigenvalue weighted by Gasteiger charge is 2.15. The van der Waals surface area contributed by atoms with Gasteiger partial charge in [-0.25, -0.2) is 0 Å². The first kappa shape index (κ1) is 16.5. The highest BCUT2D eigenvalue weighted by atomic mass is 32.2. The number of thioether (sulfide) groups is 1. The van der Waals surface area contributed by atoms with Crippen LogP contribution in [0.2, 0.25) is 0 Å². The zero-order chi connectivity index (χ0) is 15.9. The lowest BCUT2D eigenvalue weighted by Crippen LogP contribution is -2.37. The molecular formula is C17H24N2O3S. The first-order chi connectivity index (χ1) is 11.3. The van der Waals surface area contributed by atoms with Gasteiger partial charge in [-0.1, -0.05) is 0 Å². The van der Waals surface area contributed by atoms with Crippen molar-refractivity contribution >= 4 is 17.7 Å². The van der Waals surface area contributed by atoms with Crippen LogP contribution in [-0.2, 0) is 4.79 Å². The van der Waals surface area contributed by atoms with Crippen molar-refractivity contribution in [3.8, 4) is 11.5 Å². The van der Waals surface area contributed by atoms with E-state index in [1.807, 2.05) is 18.2 Å². The molecule has 0 radical (unpaired) electrons. The Morgan fingerprint density at radius 3 is 2.96 bits per heavy atom. The van der Waals surface area contributed by atoms with Crippen molar-refractivity contribution in [1.29, 1.82) is 0 Å². The van der Waals surface area contributed by atoms with E-state index in [1.54, 1.807) is 11.8 Å². The third kappa shape index (κ3) is 5.04. The molecule has 0 aliphatic carbocycles. The molecule has 1 fully saturated rings. The average molecular weight is 336 g/mol. The van der Waals surface area contributed by atoms with E-state index in [0.29, 0.717) is 25.7 Å². The van der Waals surface area contributed by atoms with Gasteiger partial charge < -0.3 is 20.1 Å². The van der Waals surface area contributed by atoms with Gasteiger partial charge in [0.25, 0.3) is 0 Å². The number of benzene rings is 1. The first-order valence-corrected chi connectivity index (χ1v) is 9.32. The van der Waals surface area contributed by atoms with Gasteiger partial charge in [-0.15, -0.1) is 11.8 Å². The van der Waals surface area contributed by atoms with Crippen LogP contribution in [0.3, 0.4) is 0 Å². The molecule has 2 N–H and O–H groups in total. The number of hydrogen-bond donors (Lipinski definition) is 2. The molecule has 1 amide bonds. The SMILES string of the molecule is O=C(CCSc1ccc2c(c1)OCCCO2)NCC1CCCN1. The number of fused-ring (bicyclic) bond motifs is 1. The normalized spacial score (nSPS) is 20.1. The Morgan fingerprint density at radius 2 is 2.13 bits per heavy atom. The molecule has 1 unspecified atom stereocenters. The number of amides is 1. The van der Waals surface area contributed by atoms with Gasteiger partial charge in [-0.2, -0.15) is 0 Å². The van der Waals surface area contributed by atoms with Crippen LogP contribution in [0.15, 0.2) is 23.1 Å². The maximum Gasteiger partial charge on any atom is 0.220 e. The Labute approximate surface area is 141 Å². The molecule has 1 atom stereocenters. The fraction of sp³-hybridized carbons (Fsp3) is 0.588. The summed E-state index contributed by atoms with van der Waals surface area (Å²) in [5.41, 5.74) is 0. The van der Waals surface area contributed by atoms with Gasteiger partial charge in [0.2, 0.25) is 5.91 Å². The van der Waals surface area contributed by atoms with Crippen molar-refractivity contribution in [3.63, 3.8) is 0 Å². The quantitative estimate of drug-likeness (QED) is 0.780. The van der Waals surface area contributed by atoms with Crippen molar-refractivity contribution < 1.29 is 14.3 Å². The fourth-order valence-corrected chi connectivity index (χ4v) is 3.63. The van der Waals surface area contributed by atoms with E-state index in [1.165, 1.54) is 6.42 Å². The van der Waals surface area contributed by atoms with Gasteiger partial charge in [-0.3, -0.25) is 4.79 Å². The summed E-state index contributed by atoms with van der Waals surface area (Å²) in [6, 6.07) is 6.44. The van der Waals surface area contributed by atoms with Gasteiger partial charge >= 0.3 is 0 Å². The topological polar surface area (TPSA) is 59.6 Å². The number of carbonyl (C=O) groups is 1. The maximum absolute atomic E-state index is 11.9. The summed E-state index contributed by atoms with van der Waals surface area (Å²) in [6.07, 6.45) is 3.81. The van der Waals surface area contributed by atoms with Crippen LogP contribution in [0, 0.1) is 0 Å². The Hall–Kier alpha value is -1.40. The summed E-state index contributed by atoms with van der Waals surface area (Å²) in [5, 5.41) is 6.39. The molecular weight excluding hydrogens is 312 g/mol. The predicted octanol–water partition coefficient (Wildman–Crippen LogP) is 2.20. The minimum atomic E-state index is 0.126.